The van der Waals surface area contributed by atoms with Crippen LogP contribution in [-0.4, -0.2) is 47.5 Å². The van der Waals surface area contributed by atoms with Crippen molar-refractivity contribution in [3.05, 3.63) is 41.7 Å². The van der Waals surface area contributed by atoms with Crippen LogP contribution < -0.4 is 14.8 Å². The molecule has 0 saturated heterocycles. The van der Waals surface area contributed by atoms with Crippen LogP contribution in [0.3, 0.4) is 0 Å². The Kier molecular flexibility index (Phi) is 5.44. The van der Waals surface area contributed by atoms with E-state index in [9.17, 15) is 9.59 Å². The highest BCUT2D eigenvalue weighted by atomic mass is 16.6. The van der Waals surface area contributed by atoms with Gasteiger partial charge in [0.25, 0.3) is 5.91 Å². The molecule has 0 aliphatic rings. The van der Waals surface area contributed by atoms with Crippen molar-refractivity contribution in [2.45, 2.75) is 6.92 Å². The highest BCUT2D eigenvalue weighted by Gasteiger charge is 2.14. The van der Waals surface area contributed by atoms with Crippen LogP contribution >= 0.6 is 0 Å². The maximum absolute atomic E-state index is 12.6. The summed E-state index contributed by atoms with van der Waals surface area (Å²) >= 11 is 0. The van der Waals surface area contributed by atoms with Crippen LogP contribution in [0.15, 0.2) is 30.5 Å². The number of carbonyl (C=O) groups is 2. The summed E-state index contributed by atoms with van der Waals surface area (Å²) in [7, 11) is 4.55. The molecule has 146 valence electrons. The first kappa shape index (κ1) is 19.2. The SMILES string of the molecule is COC(=O)COc1cc(C(=O)Nc2cnc3c(c2)c(C)nn3C)ccc1OC. The second-order valence-corrected chi connectivity index (χ2v) is 5.99. The zero-order chi connectivity index (χ0) is 20.3. The number of esters is 1. The van der Waals surface area contributed by atoms with Gasteiger partial charge in [-0.3, -0.25) is 9.48 Å². The Hall–Kier alpha value is -3.62. The number of methoxy groups -OCH3 is 2. The van der Waals surface area contributed by atoms with Gasteiger partial charge >= 0.3 is 5.97 Å². The molecule has 0 saturated carbocycles. The monoisotopic (exact) mass is 384 g/mol. The molecule has 0 aliphatic carbocycles. The number of amides is 1. The summed E-state index contributed by atoms with van der Waals surface area (Å²) < 4.78 is 16.8. The van der Waals surface area contributed by atoms with Gasteiger partial charge in [0.05, 0.1) is 31.8 Å². The molecule has 3 aromatic rings. The first-order chi connectivity index (χ1) is 13.4. The van der Waals surface area contributed by atoms with Gasteiger partial charge in [0, 0.05) is 18.0 Å². The number of anilines is 1. The van der Waals surface area contributed by atoms with Gasteiger partial charge in [-0.1, -0.05) is 0 Å². The Balaban J connectivity index is 1.82. The largest absolute Gasteiger partial charge is 0.493 e. The molecule has 28 heavy (non-hydrogen) atoms. The Morgan fingerprint density at radius 2 is 1.96 bits per heavy atom. The van der Waals surface area contributed by atoms with E-state index in [2.05, 4.69) is 20.1 Å². The summed E-state index contributed by atoms with van der Waals surface area (Å²) in [5.74, 6) is -0.233. The number of nitrogens with one attached hydrogen (secondary N) is 1. The van der Waals surface area contributed by atoms with E-state index in [0.29, 0.717) is 17.0 Å². The number of fused-ring (bicyclic) bond motifs is 1. The smallest absolute Gasteiger partial charge is 0.343 e. The minimum absolute atomic E-state index is 0.261. The first-order valence-corrected chi connectivity index (χ1v) is 8.41. The normalized spacial score (nSPS) is 10.6. The molecule has 3 rings (SSSR count). The summed E-state index contributed by atoms with van der Waals surface area (Å²) in [6, 6.07) is 6.51. The third-order valence-corrected chi connectivity index (χ3v) is 4.12. The summed E-state index contributed by atoms with van der Waals surface area (Å²) in [5, 5.41) is 7.97. The Labute approximate surface area is 161 Å². The van der Waals surface area contributed by atoms with Gasteiger partial charge in [0.2, 0.25) is 0 Å². The average Bonchev–Trinajstić information content (AvgIpc) is 2.99. The fraction of sp³-hybridized carbons (Fsp3) is 0.263. The van der Waals surface area contributed by atoms with Crippen LogP contribution in [0.25, 0.3) is 11.0 Å². The lowest BCUT2D eigenvalue weighted by molar-refractivity contribution is -0.142. The van der Waals surface area contributed by atoms with Crippen molar-refractivity contribution in [2.75, 3.05) is 26.1 Å². The van der Waals surface area contributed by atoms with Gasteiger partial charge in [0.15, 0.2) is 23.8 Å². The van der Waals surface area contributed by atoms with E-state index in [1.54, 1.807) is 23.0 Å². The number of pyridine rings is 1. The quantitative estimate of drug-likeness (QED) is 0.649. The Morgan fingerprint density at radius 3 is 2.68 bits per heavy atom. The summed E-state index contributed by atoms with van der Waals surface area (Å²) in [5.41, 5.74) is 2.44. The molecule has 9 heteroatoms. The molecule has 0 radical (unpaired) electrons. The maximum Gasteiger partial charge on any atom is 0.343 e. The van der Waals surface area contributed by atoms with Gasteiger partial charge < -0.3 is 19.5 Å². The van der Waals surface area contributed by atoms with E-state index in [1.807, 2.05) is 20.0 Å². The minimum Gasteiger partial charge on any atom is -0.493 e. The lowest BCUT2D eigenvalue weighted by Gasteiger charge is -2.12. The van der Waals surface area contributed by atoms with Crippen molar-refractivity contribution >= 4 is 28.6 Å². The van der Waals surface area contributed by atoms with Crippen LogP contribution in [0.4, 0.5) is 5.69 Å². The number of benzene rings is 1. The molecule has 0 atom stereocenters. The third-order valence-electron chi connectivity index (χ3n) is 4.12. The summed E-state index contributed by atoms with van der Waals surface area (Å²) in [6.07, 6.45) is 1.57. The molecular formula is C19H20N4O5. The second-order valence-electron chi connectivity index (χ2n) is 5.99. The van der Waals surface area contributed by atoms with E-state index in [1.165, 1.54) is 20.3 Å². The first-order valence-electron chi connectivity index (χ1n) is 8.41. The molecule has 9 nitrogen and oxygen atoms in total. The number of aromatic nitrogens is 3. The standard InChI is InChI=1S/C19H20N4O5/c1-11-14-8-13(9-20-18(14)23(2)22-11)21-19(25)12-5-6-15(26-3)16(7-12)28-10-17(24)27-4/h5-9H,10H2,1-4H3,(H,21,25). The molecule has 0 unspecified atom stereocenters. The van der Waals surface area contributed by atoms with Crippen molar-refractivity contribution in [1.29, 1.82) is 0 Å². The molecule has 0 fully saturated rings. The number of aryl methyl sites for hydroxylation is 2. The van der Waals surface area contributed by atoms with E-state index in [4.69, 9.17) is 9.47 Å². The zero-order valence-electron chi connectivity index (χ0n) is 16.0. The lowest BCUT2D eigenvalue weighted by atomic mass is 10.2. The zero-order valence-corrected chi connectivity index (χ0v) is 16.0. The number of ether oxygens (including phenoxy) is 3. The molecule has 0 bridgehead atoms. The van der Waals surface area contributed by atoms with Gasteiger partial charge in [-0.2, -0.15) is 5.10 Å². The fourth-order valence-electron chi connectivity index (χ4n) is 2.71. The highest BCUT2D eigenvalue weighted by Crippen LogP contribution is 2.28. The maximum atomic E-state index is 12.6. The van der Waals surface area contributed by atoms with Gasteiger partial charge in [0.1, 0.15) is 0 Å². The molecule has 2 aromatic heterocycles. The summed E-state index contributed by atoms with van der Waals surface area (Å²) in [4.78, 5) is 28.3. The summed E-state index contributed by atoms with van der Waals surface area (Å²) in [6.45, 7) is 1.59. The second kappa shape index (κ2) is 7.95. The predicted octanol–water partition coefficient (Wildman–Crippen LogP) is 2.09. The van der Waals surface area contributed by atoms with E-state index in [0.717, 1.165) is 16.7 Å². The van der Waals surface area contributed by atoms with Crippen LogP contribution in [-0.2, 0) is 16.6 Å². The topological polar surface area (TPSA) is 105 Å². The number of carbonyl (C=O) groups excluding carboxylic acids is 2. The van der Waals surface area contributed by atoms with Gasteiger partial charge in [-0.15, -0.1) is 0 Å². The van der Waals surface area contributed by atoms with Crippen LogP contribution in [0.2, 0.25) is 0 Å². The number of hydrogen-bond acceptors (Lipinski definition) is 7. The van der Waals surface area contributed by atoms with Gasteiger partial charge in [-0.05, 0) is 31.2 Å². The van der Waals surface area contributed by atoms with Gasteiger partial charge in [-0.25, -0.2) is 9.78 Å². The van der Waals surface area contributed by atoms with E-state index in [-0.39, 0.29) is 18.3 Å². The average molecular weight is 384 g/mol. The third kappa shape index (κ3) is 3.88. The van der Waals surface area contributed by atoms with Crippen molar-refractivity contribution in [3.8, 4) is 11.5 Å². The number of rotatable bonds is 6. The number of nitrogens with zero attached hydrogens (tertiary/aromatic N) is 3. The van der Waals surface area contributed by atoms with Crippen LogP contribution in [0.1, 0.15) is 16.1 Å². The van der Waals surface area contributed by atoms with Crippen molar-refractivity contribution in [2.24, 2.45) is 7.05 Å². The van der Waals surface area contributed by atoms with Crippen molar-refractivity contribution in [3.63, 3.8) is 0 Å². The van der Waals surface area contributed by atoms with E-state index >= 15 is 0 Å². The molecule has 1 aromatic carbocycles. The molecule has 0 spiro atoms. The van der Waals surface area contributed by atoms with Crippen molar-refractivity contribution < 1.29 is 23.8 Å². The minimum atomic E-state index is -0.539. The molecular weight excluding hydrogens is 364 g/mol. The molecule has 1 N–H and O–H groups in total. The van der Waals surface area contributed by atoms with Crippen LogP contribution in [0, 0.1) is 6.92 Å². The predicted molar refractivity (Wildman–Crippen MR) is 102 cm³/mol. The van der Waals surface area contributed by atoms with E-state index < -0.39 is 5.97 Å². The molecule has 2 heterocycles. The Bertz CT molecular complexity index is 1040. The number of hydrogen-bond donors (Lipinski definition) is 1. The molecule has 1 amide bonds. The van der Waals surface area contributed by atoms with Crippen molar-refractivity contribution in [1.82, 2.24) is 14.8 Å². The molecule has 0 aliphatic heterocycles. The lowest BCUT2D eigenvalue weighted by Crippen LogP contribution is -2.15. The van der Waals surface area contributed by atoms with Crippen LogP contribution in [0.5, 0.6) is 11.5 Å². The fourth-order valence-corrected chi connectivity index (χ4v) is 2.71. The highest BCUT2D eigenvalue weighted by molar-refractivity contribution is 6.05. The Morgan fingerprint density at radius 1 is 1.18 bits per heavy atom.